The molecule has 0 unspecified atom stereocenters. The van der Waals surface area contributed by atoms with E-state index in [9.17, 15) is 0 Å². The molecule has 0 aliphatic carbocycles. The summed E-state index contributed by atoms with van der Waals surface area (Å²) in [5.74, 6) is 1.16. The predicted molar refractivity (Wildman–Crippen MR) is 70.2 cm³/mol. The van der Waals surface area contributed by atoms with Crippen LogP contribution >= 0.6 is 23.2 Å². The number of aromatic nitrogens is 1. The maximum atomic E-state index is 6.15. The highest BCUT2D eigenvalue weighted by Gasteiger charge is 2.15. The van der Waals surface area contributed by atoms with Crippen LogP contribution in [-0.2, 0) is 0 Å². The van der Waals surface area contributed by atoms with Crippen molar-refractivity contribution >= 4 is 23.2 Å². The van der Waals surface area contributed by atoms with E-state index in [2.05, 4.69) is 4.98 Å². The van der Waals surface area contributed by atoms with Gasteiger partial charge in [-0.05, 0) is 26.0 Å². The fourth-order valence-corrected chi connectivity index (χ4v) is 1.87. The van der Waals surface area contributed by atoms with Crippen LogP contribution in [0.1, 0.15) is 11.4 Å². The fourth-order valence-electron chi connectivity index (χ4n) is 1.47. The molecule has 0 saturated carbocycles. The van der Waals surface area contributed by atoms with E-state index >= 15 is 0 Å². The molecular weight excluding hydrogens is 257 g/mol. The van der Waals surface area contributed by atoms with Crippen molar-refractivity contribution in [2.75, 3.05) is 0 Å². The predicted octanol–water partition coefficient (Wildman–Crippen LogP) is 4.80. The second-order valence-electron chi connectivity index (χ2n) is 3.65. The third kappa shape index (κ3) is 2.54. The summed E-state index contributed by atoms with van der Waals surface area (Å²) in [4.78, 5) is 4.23. The Morgan fingerprint density at radius 1 is 0.941 bits per heavy atom. The summed E-state index contributed by atoms with van der Waals surface area (Å²) in [7, 11) is 0. The zero-order valence-electron chi connectivity index (χ0n) is 9.50. The zero-order valence-corrected chi connectivity index (χ0v) is 11.0. The van der Waals surface area contributed by atoms with Crippen molar-refractivity contribution in [2.45, 2.75) is 13.8 Å². The van der Waals surface area contributed by atoms with Crippen molar-refractivity contribution in [1.82, 2.24) is 4.98 Å². The Morgan fingerprint density at radius 3 is 2.00 bits per heavy atom. The molecule has 4 heteroatoms. The van der Waals surface area contributed by atoms with Gasteiger partial charge in [-0.2, -0.15) is 0 Å². The first kappa shape index (κ1) is 12.2. The maximum Gasteiger partial charge on any atom is 0.168 e. The Balaban J connectivity index is 2.46. The second-order valence-corrected chi connectivity index (χ2v) is 4.41. The van der Waals surface area contributed by atoms with Crippen LogP contribution in [0.3, 0.4) is 0 Å². The molecule has 1 aromatic heterocycles. The molecule has 0 spiro atoms. The average molecular weight is 268 g/mol. The first-order valence-electron chi connectivity index (χ1n) is 5.14. The van der Waals surface area contributed by atoms with Crippen LogP contribution < -0.4 is 4.74 Å². The number of hydrogen-bond donors (Lipinski definition) is 0. The highest BCUT2D eigenvalue weighted by molar-refractivity contribution is 6.37. The lowest BCUT2D eigenvalue weighted by Gasteiger charge is -2.12. The Kier molecular flexibility index (Phi) is 3.55. The van der Waals surface area contributed by atoms with E-state index in [1.807, 2.05) is 44.2 Å². The summed E-state index contributed by atoms with van der Waals surface area (Å²) in [5.41, 5.74) is 1.42. The van der Waals surface area contributed by atoms with Gasteiger partial charge < -0.3 is 4.74 Å². The molecule has 0 atom stereocenters. The van der Waals surface area contributed by atoms with Gasteiger partial charge in [-0.15, -0.1) is 0 Å². The quantitative estimate of drug-likeness (QED) is 0.780. The van der Waals surface area contributed by atoms with Gasteiger partial charge in [0.1, 0.15) is 15.8 Å². The summed E-state index contributed by atoms with van der Waals surface area (Å²) in [5, 5.41) is 0.897. The fraction of sp³-hybridized carbons (Fsp3) is 0.154. The second kappa shape index (κ2) is 4.94. The van der Waals surface area contributed by atoms with Crippen LogP contribution in [-0.4, -0.2) is 4.98 Å². The number of aryl methyl sites for hydroxylation is 2. The SMILES string of the molecule is Cc1nc(C)c(Cl)c(Oc2ccccc2)c1Cl. The summed E-state index contributed by atoms with van der Waals surface area (Å²) in [6, 6.07) is 9.38. The van der Waals surface area contributed by atoms with Gasteiger partial charge in [-0.3, -0.25) is 4.98 Å². The molecule has 2 rings (SSSR count). The number of benzene rings is 1. The van der Waals surface area contributed by atoms with E-state index in [1.54, 1.807) is 0 Å². The van der Waals surface area contributed by atoms with Crippen LogP contribution in [0, 0.1) is 13.8 Å². The molecule has 0 aliphatic heterocycles. The molecule has 1 aromatic carbocycles. The van der Waals surface area contributed by atoms with E-state index in [0.29, 0.717) is 32.9 Å². The monoisotopic (exact) mass is 267 g/mol. The van der Waals surface area contributed by atoms with E-state index in [4.69, 9.17) is 27.9 Å². The maximum absolute atomic E-state index is 6.15. The summed E-state index contributed by atoms with van der Waals surface area (Å²) in [6.07, 6.45) is 0. The van der Waals surface area contributed by atoms with Crippen molar-refractivity contribution in [3.05, 3.63) is 51.8 Å². The standard InChI is InChI=1S/C13H11Cl2NO/c1-8-11(14)13(12(15)9(2)16-8)17-10-6-4-3-5-7-10/h3-7H,1-2H3. The third-order valence-corrected chi connectivity index (χ3v) is 3.22. The van der Waals surface area contributed by atoms with Gasteiger partial charge >= 0.3 is 0 Å². The van der Waals surface area contributed by atoms with Crippen LogP contribution in [0.2, 0.25) is 10.0 Å². The lowest BCUT2D eigenvalue weighted by molar-refractivity contribution is 0.481. The average Bonchev–Trinajstić information content (AvgIpc) is 2.33. The molecule has 0 saturated heterocycles. The normalized spacial score (nSPS) is 10.4. The number of rotatable bonds is 2. The van der Waals surface area contributed by atoms with E-state index in [-0.39, 0.29) is 0 Å². The molecule has 0 fully saturated rings. The van der Waals surface area contributed by atoms with Gasteiger partial charge in [0.25, 0.3) is 0 Å². The smallest absolute Gasteiger partial charge is 0.168 e. The Hall–Kier alpha value is -1.25. The summed E-state index contributed by atoms with van der Waals surface area (Å²) >= 11 is 12.3. The van der Waals surface area contributed by atoms with Gasteiger partial charge in [0.2, 0.25) is 0 Å². The molecule has 2 nitrogen and oxygen atoms in total. The lowest BCUT2D eigenvalue weighted by atomic mass is 10.3. The van der Waals surface area contributed by atoms with Gasteiger partial charge in [0.15, 0.2) is 5.75 Å². The summed E-state index contributed by atoms with van der Waals surface area (Å²) < 4.78 is 5.70. The topological polar surface area (TPSA) is 22.1 Å². The summed E-state index contributed by atoms with van der Waals surface area (Å²) in [6.45, 7) is 3.65. The number of halogens is 2. The first-order valence-corrected chi connectivity index (χ1v) is 5.90. The first-order chi connectivity index (χ1) is 8.09. The van der Waals surface area contributed by atoms with Crippen molar-refractivity contribution < 1.29 is 4.74 Å². The third-order valence-electron chi connectivity index (χ3n) is 2.33. The molecule has 17 heavy (non-hydrogen) atoms. The van der Waals surface area contributed by atoms with Gasteiger partial charge in [0.05, 0.1) is 11.4 Å². The Labute approximate surface area is 110 Å². The number of pyridine rings is 1. The highest BCUT2D eigenvalue weighted by atomic mass is 35.5. The van der Waals surface area contributed by atoms with Crippen molar-refractivity contribution in [3.63, 3.8) is 0 Å². The molecule has 0 aliphatic rings. The minimum Gasteiger partial charge on any atom is -0.454 e. The van der Waals surface area contributed by atoms with E-state index in [1.165, 1.54) is 0 Å². The van der Waals surface area contributed by atoms with Gasteiger partial charge in [-0.25, -0.2) is 0 Å². The molecule has 0 amide bonds. The Morgan fingerprint density at radius 2 is 1.47 bits per heavy atom. The van der Waals surface area contributed by atoms with Gasteiger partial charge in [0, 0.05) is 0 Å². The minimum atomic E-state index is 0.449. The van der Waals surface area contributed by atoms with Crippen LogP contribution in [0.4, 0.5) is 0 Å². The van der Waals surface area contributed by atoms with Gasteiger partial charge in [-0.1, -0.05) is 41.4 Å². The van der Waals surface area contributed by atoms with E-state index < -0.39 is 0 Å². The van der Waals surface area contributed by atoms with Crippen molar-refractivity contribution in [1.29, 1.82) is 0 Å². The molecular formula is C13H11Cl2NO. The number of para-hydroxylation sites is 1. The van der Waals surface area contributed by atoms with Crippen LogP contribution in [0.5, 0.6) is 11.5 Å². The molecule has 88 valence electrons. The Bertz CT molecular complexity index is 515. The number of hydrogen-bond acceptors (Lipinski definition) is 2. The molecule has 0 N–H and O–H groups in total. The molecule has 0 radical (unpaired) electrons. The molecule has 0 bridgehead atoms. The van der Waals surface area contributed by atoms with Crippen molar-refractivity contribution in [3.8, 4) is 11.5 Å². The molecule has 2 aromatic rings. The highest BCUT2D eigenvalue weighted by Crippen LogP contribution is 2.38. The largest absolute Gasteiger partial charge is 0.454 e. The molecule has 1 heterocycles. The van der Waals surface area contributed by atoms with Crippen LogP contribution in [0.15, 0.2) is 30.3 Å². The number of ether oxygens (including phenoxy) is 1. The lowest BCUT2D eigenvalue weighted by Crippen LogP contribution is -1.94. The van der Waals surface area contributed by atoms with E-state index in [0.717, 1.165) is 0 Å². The number of nitrogens with zero attached hydrogens (tertiary/aromatic N) is 1. The minimum absolute atomic E-state index is 0.449. The van der Waals surface area contributed by atoms with Crippen molar-refractivity contribution in [2.24, 2.45) is 0 Å². The zero-order chi connectivity index (χ0) is 12.4. The van der Waals surface area contributed by atoms with Crippen LogP contribution in [0.25, 0.3) is 0 Å².